The molecule has 12 heteroatoms. The standard InChI is InChI=1S/C33H43N3O8S/c1-22(2)19-34-33(38)24(4)35(20-25-11-9-23(3)10-12-25)32(37)21-36(28-17-26(41-5)13-15-29(28)42-6)45(39,40)27-14-16-30(43-7)31(18-27)44-8/h9-18,22,24H,19-21H2,1-8H3,(H,34,38). The Kier molecular flexibility index (Phi) is 12.1. The first-order chi connectivity index (χ1) is 21.4. The van der Waals surface area contributed by atoms with Crippen LogP contribution in [0.3, 0.4) is 0 Å². The molecule has 0 aliphatic heterocycles. The summed E-state index contributed by atoms with van der Waals surface area (Å²) < 4.78 is 51.3. The van der Waals surface area contributed by atoms with Crippen LogP contribution in [0.25, 0.3) is 0 Å². The van der Waals surface area contributed by atoms with E-state index >= 15 is 0 Å². The van der Waals surface area contributed by atoms with Gasteiger partial charge in [-0.2, -0.15) is 0 Å². The summed E-state index contributed by atoms with van der Waals surface area (Å²) in [6.45, 7) is 7.38. The number of anilines is 1. The lowest BCUT2D eigenvalue weighted by Gasteiger charge is -2.32. The number of ether oxygens (including phenoxy) is 4. The van der Waals surface area contributed by atoms with Gasteiger partial charge in [-0.25, -0.2) is 8.42 Å². The predicted octanol–water partition coefficient (Wildman–Crippen LogP) is 4.41. The molecule has 0 aromatic heterocycles. The lowest BCUT2D eigenvalue weighted by atomic mass is 10.1. The Bertz CT molecular complexity index is 1580. The van der Waals surface area contributed by atoms with E-state index in [9.17, 15) is 18.0 Å². The fraction of sp³-hybridized carbons (Fsp3) is 0.394. The van der Waals surface area contributed by atoms with Gasteiger partial charge in [0.25, 0.3) is 10.0 Å². The average molecular weight is 642 g/mol. The molecule has 0 saturated carbocycles. The molecule has 2 amide bonds. The Morgan fingerprint density at radius 1 is 0.800 bits per heavy atom. The van der Waals surface area contributed by atoms with E-state index in [0.29, 0.717) is 18.0 Å². The first-order valence-electron chi connectivity index (χ1n) is 14.5. The van der Waals surface area contributed by atoms with Crippen molar-refractivity contribution in [2.75, 3.05) is 45.8 Å². The molecular weight excluding hydrogens is 598 g/mol. The summed E-state index contributed by atoms with van der Waals surface area (Å²) in [6.07, 6.45) is 0. The number of carbonyl (C=O) groups excluding carboxylic acids is 2. The number of nitrogens with zero attached hydrogens (tertiary/aromatic N) is 2. The second kappa shape index (κ2) is 15.5. The summed E-state index contributed by atoms with van der Waals surface area (Å²) in [4.78, 5) is 28.7. The van der Waals surface area contributed by atoms with E-state index < -0.39 is 28.5 Å². The molecule has 1 unspecified atom stereocenters. The van der Waals surface area contributed by atoms with Gasteiger partial charge in [0.15, 0.2) is 11.5 Å². The molecular formula is C33H43N3O8S. The van der Waals surface area contributed by atoms with Gasteiger partial charge >= 0.3 is 0 Å². The van der Waals surface area contributed by atoms with Crippen molar-refractivity contribution in [3.05, 3.63) is 71.8 Å². The second-order valence-electron chi connectivity index (χ2n) is 10.9. The molecule has 0 aliphatic carbocycles. The summed E-state index contributed by atoms with van der Waals surface area (Å²) in [5.41, 5.74) is 1.90. The molecule has 0 spiro atoms. The zero-order valence-corrected chi connectivity index (χ0v) is 27.9. The van der Waals surface area contributed by atoms with E-state index in [4.69, 9.17) is 18.9 Å². The Balaban J connectivity index is 2.15. The molecule has 0 heterocycles. The van der Waals surface area contributed by atoms with Gasteiger partial charge in [0.2, 0.25) is 11.8 Å². The molecule has 3 rings (SSSR count). The Hall–Kier alpha value is -4.45. The van der Waals surface area contributed by atoms with Crippen LogP contribution in [0.4, 0.5) is 5.69 Å². The van der Waals surface area contributed by atoms with Gasteiger partial charge in [-0.05, 0) is 49.6 Å². The minimum Gasteiger partial charge on any atom is -0.497 e. The van der Waals surface area contributed by atoms with Gasteiger partial charge in [-0.3, -0.25) is 13.9 Å². The van der Waals surface area contributed by atoms with Gasteiger partial charge in [0, 0.05) is 25.2 Å². The van der Waals surface area contributed by atoms with Crippen molar-refractivity contribution >= 4 is 27.5 Å². The topological polar surface area (TPSA) is 124 Å². The van der Waals surface area contributed by atoms with Gasteiger partial charge in [-0.1, -0.05) is 43.7 Å². The molecule has 11 nitrogen and oxygen atoms in total. The molecule has 0 saturated heterocycles. The minimum absolute atomic E-state index is 0.0761. The van der Waals surface area contributed by atoms with Crippen LogP contribution in [0.2, 0.25) is 0 Å². The highest BCUT2D eigenvalue weighted by Gasteiger charge is 2.34. The molecule has 3 aromatic carbocycles. The highest BCUT2D eigenvalue weighted by atomic mass is 32.2. The van der Waals surface area contributed by atoms with Crippen LogP contribution >= 0.6 is 0 Å². The van der Waals surface area contributed by atoms with Crippen molar-refractivity contribution in [3.63, 3.8) is 0 Å². The van der Waals surface area contributed by atoms with Gasteiger partial charge < -0.3 is 29.2 Å². The maximum atomic E-state index is 14.4. The Labute approximate surface area is 266 Å². The number of aryl methyl sites for hydroxylation is 1. The van der Waals surface area contributed by atoms with Crippen LogP contribution in [0, 0.1) is 12.8 Å². The van der Waals surface area contributed by atoms with E-state index in [2.05, 4.69) is 5.32 Å². The summed E-state index contributed by atoms with van der Waals surface area (Å²) in [5, 5.41) is 2.88. The van der Waals surface area contributed by atoms with E-state index in [1.165, 1.54) is 57.6 Å². The number of hydrogen-bond acceptors (Lipinski definition) is 8. The first kappa shape index (κ1) is 35.0. The Morgan fingerprint density at radius 3 is 2.00 bits per heavy atom. The largest absolute Gasteiger partial charge is 0.497 e. The monoisotopic (exact) mass is 641 g/mol. The SMILES string of the molecule is COc1ccc(OC)c(N(CC(=O)N(Cc2ccc(C)cc2)C(C)C(=O)NCC(C)C)S(=O)(=O)c2ccc(OC)c(OC)c2)c1. The zero-order valence-electron chi connectivity index (χ0n) is 27.1. The van der Waals surface area contributed by atoms with Gasteiger partial charge in [0.05, 0.1) is 39.0 Å². The smallest absolute Gasteiger partial charge is 0.265 e. The zero-order chi connectivity index (χ0) is 33.3. The van der Waals surface area contributed by atoms with Crippen molar-refractivity contribution in [3.8, 4) is 23.0 Å². The highest BCUT2D eigenvalue weighted by molar-refractivity contribution is 7.92. The van der Waals surface area contributed by atoms with Gasteiger partial charge in [-0.15, -0.1) is 0 Å². The summed E-state index contributed by atoms with van der Waals surface area (Å²) in [5.74, 6) is 0.325. The minimum atomic E-state index is -4.43. The lowest BCUT2D eigenvalue weighted by molar-refractivity contribution is -0.139. The number of carbonyl (C=O) groups is 2. The van der Waals surface area contributed by atoms with E-state index in [1.807, 2.05) is 45.0 Å². The van der Waals surface area contributed by atoms with Crippen LogP contribution in [-0.2, 0) is 26.2 Å². The van der Waals surface area contributed by atoms with Crippen LogP contribution < -0.4 is 28.6 Å². The summed E-state index contributed by atoms with van der Waals surface area (Å²) >= 11 is 0. The van der Waals surface area contributed by atoms with Gasteiger partial charge in [0.1, 0.15) is 24.1 Å². The number of methoxy groups -OCH3 is 4. The van der Waals surface area contributed by atoms with E-state index in [-0.39, 0.29) is 40.5 Å². The molecule has 0 aliphatic rings. The molecule has 0 bridgehead atoms. The number of nitrogens with one attached hydrogen (secondary N) is 1. The number of benzene rings is 3. The van der Waals surface area contributed by atoms with Crippen molar-refractivity contribution in [1.82, 2.24) is 10.2 Å². The number of rotatable bonds is 15. The van der Waals surface area contributed by atoms with Crippen molar-refractivity contribution in [2.24, 2.45) is 5.92 Å². The van der Waals surface area contributed by atoms with Crippen LogP contribution in [0.15, 0.2) is 65.6 Å². The van der Waals surface area contributed by atoms with Crippen LogP contribution in [0.5, 0.6) is 23.0 Å². The number of sulfonamides is 1. The maximum absolute atomic E-state index is 14.4. The lowest BCUT2D eigenvalue weighted by Crippen LogP contribution is -2.51. The Morgan fingerprint density at radius 2 is 1.42 bits per heavy atom. The van der Waals surface area contributed by atoms with Crippen molar-refractivity contribution in [1.29, 1.82) is 0 Å². The summed E-state index contributed by atoms with van der Waals surface area (Å²) in [7, 11) is 1.26. The normalized spacial score (nSPS) is 11.8. The fourth-order valence-electron chi connectivity index (χ4n) is 4.53. The third kappa shape index (κ3) is 8.59. The van der Waals surface area contributed by atoms with Crippen molar-refractivity contribution < 1.29 is 37.0 Å². The van der Waals surface area contributed by atoms with Crippen molar-refractivity contribution in [2.45, 2.75) is 45.2 Å². The van der Waals surface area contributed by atoms with Crippen LogP contribution in [-0.4, -0.2) is 72.7 Å². The molecule has 1 atom stereocenters. The van der Waals surface area contributed by atoms with E-state index in [0.717, 1.165) is 15.4 Å². The highest BCUT2D eigenvalue weighted by Crippen LogP contribution is 2.37. The van der Waals surface area contributed by atoms with E-state index in [1.54, 1.807) is 19.1 Å². The maximum Gasteiger partial charge on any atom is 0.265 e. The number of amides is 2. The third-order valence-electron chi connectivity index (χ3n) is 7.20. The quantitative estimate of drug-likeness (QED) is 0.259. The van der Waals surface area contributed by atoms with Crippen LogP contribution in [0.1, 0.15) is 31.9 Å². The first-order valence-corrected chi connectivity index (χ1v) is 15.9. The summed E-state index contributed by atoms with van der Waals surface area (Å²) in [6, 6.07) is 15.5. The average Bonchev–Trinajstić information content (AvgIpc) is 3.04. The molecule has 45 heavy (non-hydrogen) atoms. The predicted molar refractivity (Wildman–Crippen MR) is 173 cm³/mol. The second-order valence-corrected chi connectivity index (χ2v) is 12.8. The fourth-order valence-corrected chi connectivity index (χ4v) is 5.97. The third-order valence-corrected chi connectivity index (χ3v) is 8.96. The molecule has 0 fully saturated rings. The number of hydrogen-bond donors (Lipinski definition) is 1. The molecule has 3 aromatic rings. The molecule has 1 N–H and O–H groups in total. The molecule has 0 radical (unpaired) electrons. The molecule has 244 valence electrons.